The maximum atomic E-state index is 13.3. The van der Waals surface area contributed by atoms with E-state index < -0.39 is 49.5 Å². The molecule has 3 aliphatic heterocycles. The Morgan fingerprint density at radius 1 is 0.589 bits per heavy atom. The quantitative estimate of drug-likeness (QED) is 0.0275. The number of hydrogen-bond donors (Lipinski definition) is 8. The largest absolute Gasteiger partial charge is 0.482 e. The number of aryl methyl sites for hydroxylation is 4. The number of halogens is 7. The monoisotopic (exact) mass is 2320 g/mol. The molecule has 124 heavy (non-hydrogen) atoms. The summed E-state index contributed by atoms with van der Waals surface area (Å²) in [5, 5.41) is 31.8. The molecule has 0 bridgehead atoms. The Hall–Kier alpha value is -5.71. The molecule has 0 saturated carbocycles. The van der Waals surface area contributed by atoms with Crippen molar-refractivity contribution in [3.05, 3.63) is 324 Å². The van der Waals surface area contributed by atoms with Crippen LogP contribution in [-0.4, -0.2) is 130 Å². The van der Waals surface area contributed by atoms with E-state index in [9.17, 15) is 57.8 Å². The van der Waals surface area contributed by atoms with Gasteiger partial charge in [-0.1, -0.05) is 122 Å². The second-order valence-corrected chi connectivity index (χ2v) is 37.3. The van der Waals surface area contributed by atoms with Crippen molar-refractivity contribution in [2.24, 2.45) is 0 Å². The number of aliphatic hydroxyl groups excluding tert-OH is 1. The van der Waals surface area contributed by atoms with Gasteiger partial charge in [-0.15, -0.1) is 0 Å². The fraction of sp³-hybridized carbons (Fsp3) is 0.250. The van der Waals surface area contributed by atoms with E-state index in [1.807, 2.05) is 28.8 Å². The van der Waals surface area contributed by atoms with Gasteiger partial charge < -0.3 is 94.5 Å². The summed E-state index contributed by atoms with van der Waals surface area (Å²) in [6, 6.07) is 38.1. The minimum Gasteiger partial charge on any atom is -0.482 e. The third-order valence-corrected chi connectivity index (χ3v) is 22.4. The zero-order valence-corrected chi connectivity index (χ0v) is 88.0. The van der Waals surface area contributed by atoms with E-state index in [2.05, 4.69) is 130 Å². The number of anilines is 1. The number of rotatable bonds is 19. The molecule has 1 fully saturated rings. The van der Waals surface area contributed by atoms with Crippen LogP contribution in [0.15, 0.2) is 208 Å². The van der Waals surface area contributed by atoms with Crippen LogP contribution in [0.1, 0.15) is 53.3 Å². The Labute approximate surface area is 859 Å². The van der Waals surface area contributed by atoms with Crippen LogP contribution in [0.5, 0.6) is 0 Å². The summed E-state index contributed by atoms with van der Waals surface area (Å²) in [6.45, 7) is 14.7. The van der Waals surface area contributed by atoms with Gasteiger partial charge in [0.15, 0.2) is 19.4 Å². The number of aliphatic hydroxyl groups is 1. The first kappa shape index (κ1) is 107. The average Bonchev–Trinajstić information content (AvgIpc) is 1.74. The predicted molar refractivity (Wildman–Crippen MR) is 481 cm³/mol. The number of pyridine rings is 9. The molecule has 12 heterocycles. The van der Waals surface area contributed by atoms with E-state index in [4.69, 9.17) is 60.5 Å². The number of aromatic nitrogens is 9. The molecule has 3 aliphatic rings. The van der Waals surface area contributed by atoms with Crippen LogP contribution < -0.4 is 65.3 Å². The molecule has 44 heteroatoms. The number of hydrogen-bond acceptors (Lipinski definition) is 18. The van der Waals surface area contributed by atoms with Crippen LogP contribution in [0.25, 0.3) is 44.6 Å². The summed E-state index contributed by atoms with van der Waals surface area (Å²) >= 11 is 30.1. The van der Waals surface area contributed by atoms with Crippen LogP contribution in [0, 0.1) is 6.07 Å². The van der Waals surface area contributed by atoms with Crippen molar-refractivity contribution in [2.75, 3.05) is 44.7 Å². The average molecular weight is 2330 g/mol. The summed E-state index contributed by atoms with van der Waals surface area (Å²) in [4.78, 5) is 147. The fourth-order valence-corrected chi connectivity index (χ4v) is 14.6. The number of nitrogens with one attached hydrogen (secondary N) is 8. The third kappa shape index (κ3) is 29.7. The zero-order valence-electron chi connectivity index (χ0n) is 67.1. The van der Waals surface area contributed by atoms with E-state index in [0.29, 0.717) is 129 Å². The molecule has 1 saturated heterocycles. The van der Waals surface area contributed by atoms with E-state index in [1.54, 1.807) is 119 Å². The normalized spacial score (nSPS) is 12.0. The Balaban J connectivity index is 0.000000239. The van der Waals surface area contributed by atoms with Gasteiger partial charge in [-0.05, 0) is 170 Å². The van der Waals surface area contributed by atoms with Crippen LogP contribution in [0.2, 0.25) is 41.5 Å². The first-order chi connectivity index (χ1) is 57.1. The molecular weight excluding hydrogens is 2250 g/mol. The number of ether oxygens (including phenoxy) is 1. The number of benzene rings is 3. The maximum absolute atomic E-state index is 13.3. The number of aromatic amines is 2. The number of H-pyrrole nitrogens is 2. The molecule has 4 radical (unpaired) electrons. The summed E-state index contributed by atoms with van der Waals surface area (Å²) in [7, 11) is -2.23. The first-order valence-corrected chi connectivity index (χ1v) is 44.7. The Bertz CT molecular complexity index is 6290. The summed E-state index contributed by atoms with van der Waals surface area (Å²) in [5.41, 5.74) is 16.8. The molecule has 10 N–H and O–H groups in total. The third-order valence-electron chi connectivity index (χ3n) is 18.3. The minimum atomic E-state index is -1.55. The van der Waals surface area contributed by atoms with Crippen LogP contribution in [-0.2, 0) is 205 Å². The molecular formula is C80H79BBr4Cl3N16O15SiY4-3. The van der Waals surface area contributed by atoms with Gasteiger partial charge in [-0.3, -0.25) is 57.4 Å². The molecule has 15 rings (SSSR count). The minimum absolute atomic E-state index is 0. The Morgan fingerprint density at radius 2 is 1.08 bits per heavy atom. The second-order valence-electron chi connectivity index (χ2n) is 28.0. The molecule has 0 atom stereocenters. The van der Waals surface area contributed by atoms with Crippen LogP contribution in [0.3, 0.4) is 0 Å². The van der Waals surface area contributed by atoms with Gasteiger partial charge in [0.05, 0.1) is 55.4 Å². The van der Waals surface area contributed by atoms with Crippen molar-refractivity contribution < 1.29 is 165 Å². The number of amides is 3. The van der Waals surface area contributed by atoms with Crippen molar-refractivity contribution in [1.82, 2.24) is 63.2 Å². The second kappa shape index (κ2) is 50.5. The number of carbonyl (C=O) groups excluding carboxylic acids is 3. The molecule has 9 aromatic heterocycles. The number of nitrogens with zero attached hydrogens (tertiary/aromatic N) is 8. The number of carbonyl (C=O) groups is 3. The smallest absolute Gasteiger partial charge is 0.408 e. The van der Waals surface area contributed by atoms with Gasteiger partial charge in [0.2, 0.25) is 10.9 Å². The molecule has 3 aromatic carbocycles. The van der Waals surface area contributed by atoms with Crippen LogP contribution in [0.4, 0.5) is 17.5 Å². The standard InChI is InChI=1S/C23H23ClN4O4.C18H15BrClN3O4.C18H13ClN3O3.C10H17BrN2O2Si.C6H8BBrN2O2.C5H4BrN2.4Y/c24-17-3-1-15(2-4-17)12-25-21(30)19-14-27-5-6-28-22(27)18(20(19)29)11-16(23(28)31)13-26-7-9-32-10-8-26;19-14-7-12-15(25)13(9-23(5-6-24)16(12)22-18(14)27)17(26)21-8-10-1-3-11(20)4-2-10;19-12-3-1-11(2-4-12)9-20-17(25)14-10-21-7-8-22-15(23)6-5-13(16(14)24)18(21)22;1-16(2,3)15-7-6-13-9(12)5-4-8(11)10(13)14;1-7(12)10-5-3-2-4(8)6(11)9-5;6-4-1-2-5(7)8-3-4;;;;/h1-4,11,14H,5-10,12-13H2,(H,25,30);1-4,7,9,24H,5-6,8H2,(H,21,26)(H,22,27);1-5,10H,7-9H2,(H,20,25);4-5H,6-7H2,1-3H3,(H2,12,14);2-3,12H,1H3,(H2,9,10,11);1-3H,(H-,7,8);;;;/q;;-1;;;-1;;;;/p-1. The van der Waals surface area contributed by atoms with Crippen molar-refractivity contribution >= 4 is 182 Å². The summed E-state index contributed by atoms with van der Waals surface area (Å²) < 4.78 is 22.7. The van der Waals surface area contributed by atoms with Gasteiger partial charge in [-0.25, -0.2) is 6.07 Å². The van der Waals surface area contributed by atoms with Gasteiger partial charge in [0.1, 0.15) is 27.9 Å². The van der Waals surface area contributed by atoms with Crippen molar-refractivity contribution in [3.63, 3.8) is 0 Å². The fourth-order valence-electron chi connectivity index (χ4n) is 12.4. The van der Waals surface area contributed by atoms with Crippen molar-refractivity contribution in [2.45, 2.75) is 91.9 Å². The molecule has 12 aromatic rings. The summed E-state index contributed by atoms with van der Waals surface area (Å²) in [5.74, 6) is -0.421. The predicted octanol–water partition coefficient (Wildman–Crippen LogP) is 11.5. The maximum Gasteiger partial charge on any atom is 0.408 e. The van der Waals surface area contributed by atoms with Crippen LogP contribution >= 0.6 is 98.5 Å². The Kier molecular flexibility index (Phi) is 43.6. The first-order valence-electron chi connectivity index (χ1n) is 37.0. The molecule has 31 nitrogen and oxygen atoms in total. The van der Waals surface area contributed by atoms with Crippen molar-refractivity contribution in [1.29, 1.82) is 0 Å². The topological polar surface area (TPSA) is 420 Å². The SMILES string of the molecule is CB(O)Nc1ccc(Br)c(=O)[nH]1.C[Si](C)(C)OCCn1c([NH-])ccc(Br)c1=O.O=C(NCc1ccc(Cl)cc1)c1cn(CCO)c2[nH]c(=O)c(Br)cc2c1=O.O=C(NCc1ccc(Cl)cc1)c1cn2c3c(c[c-]c(=O)n3CC2)c1=O.O=C(NCc1ccc(Cl)cc1)c1cn2c3c(cc(CN4CCOCC4)c(=O)n3CC2)c1=O.[NH-]c1ccc(Br)cn1.[Y].[Y].[Y].[Y]. The van der Waals surface area contributed by atoms with Gasteiger partial charge in [0.25, 0.3) is 34.4 Å². The molecule has 640 valence electrons. The van der Waals surface area contributed by atoms with E-state index in [0.717, 1.165) is 34.3 Å². The number of fused-ring (bicyclic) bond motifs is 1. The number of morpholine rings is 1. The van der Waals surface area contributed by atoms with E-state index >= 15 is 0 Å². The Morgan fingerprint density at radius 3 is 1.57 bits per heavy atom. The van der Waals surface area contributed by atoms with Gasteiger partial charge in [-0.2, -0.15) is 6.07 Å². The van der Waals surface area contributed by atoms with E-state index in [-0.39, 0.29) is 223 Å². The molecule has 0 unspecified atom stereocenters. The van der Waals surface area contributed by atoms with Gasteiger partial charge >= 0.3 is 7.05 Å². The van der Waals surface area contributed by atoms with Gasteiger partial charge in [0, 0.05) is 259 Å². The van der Waals surface area contributed by atoms with E-state index in [1.165, 1.54) is 38.2 Å². The molecule has 0 aliphatic carbocycles. The summed E-state index contributed by atoms with van der Waals surface area (Å²) in [6.07, 6.45) is 6.02. The zero-order chi connectivity index (χ0) is 86.8. The molecule has 3 amide bonds. The molecule has 0 spiro atoms. The van der Waals surface area contributed by atoms with Crippen molar-refractivity contribution in [3.8, 4) is 0 Å².